The highest BCUT2D eigenvalue weighted by molar-refractivity contribution is 5.84. The van der Waals surface area contributed by atoms with Gasteiger partial charge in [0.25, 0.3) is 0 Å². The normalized spacial score (nSPS) is 12.1. The SMILES string of the molecule is CCCCc1ccc(C=NN=C(N)NN=Cc2ccc(CCCC)cc2)cc1. The van der Waals surface area contributed by atoms with Crippen molar-refractivity contribution in [1.82, 2.24) is 5.43 Å². The molecule has 5 heteroatoms. The summed E-state index contributed by atoms with van der Waals surface area (Å²) in [5.74, 6) is 0.145. The van der Waals surface area contributed by atoms with Crippen molar-refractivity contribution in [3.63, 3.8) is 0 Å². The maximum Gasteiger partial charge on any atom is 0.234 e. The number of benzene rings is 2. The van der Waals surface area contributed by atoms with Crippen molar-refractivity contribution in [2.24, 2.45) is 21.0 Å². The summed E-state index contributed by atoms with van der Waals surface area (Å²) >= 11 is 0. The lowest BCUT2D eigenvalue weighted by molar-refractivity contribution is 0.795. The summed E-state index contributed by atoms with van der Waals surface area (Å²) in [6.45, 7) is 4.40. The van der Waals surface area contributed by atoms with Gasteiger partial charge in [0.15, 0.2) is 0 Å². The van der Waals surface area contributed by atoms with Gasteiger partial charge in [-0.15, -0.1) is 5.10 Å². The summed E-state index contributed by atoms with van der Waals surface area (Å²) in [6.07, 6.45) is 10.5. The molecule has 28 heavy (non-hydrogen) atoms. The van der Waals surface area contributed by atoms with E-state index in [1.54, 1.807) is 12.4 Å². The third kappa shape index (κ3) is 8.16. The maximum atomic E-state index is 5.77. The first kappa shape index (κ1) is 21.4. The summed E-state index contributed by atoms with van der Waals surface area (Å²) < 4.78 is 0. The average Bonchev–Trinajstić information content (AvgIpc) is 2.72. The van der Waals surface area contributed by atoms with E-state index in [0.29, 0.717) is 0 Å². The van der Waals surface area contributed by atoms with Crippen LogP contribution in [0.4, 0.5) is 0 Å². The number of nitrogens with two attached hydrogens (primary N) is 1. The third-order valence-corrected chi connectivity index (χ3v) is 4.36. The lowest BCUT2D eigenvalue weighted by Gasteiger charge is -2.00. The van der Waals surface area contributed by atoms with Gasteiger partial charge < -0.3 is 5.73 Å². The molecule has 0 amide bonds. The zero-order chi connectivity index (χ0) is 20.0. The van der Waals surface area contributed by atoms with E-state index < -0.39 is 0 Å². The van der Waals surface area contributed by atoms with Gasteiger partial charge >= 0.3 is 0 Å². The molecule has 0 bridgehead atoms. The van der Waals surface area contributed by atoms with E-state index in [2.05, 4.69) is 58.8 Å². The molecule has 0 radical (unpaired) electrons. The number of aryl methyl sites for hydroxylation is 2. The van der Waals surface area contributed by atoms with Gasteiger partial charge in [0.1, 0.15) is 0 Å². The molecular weight excluding hydrogens is 346 g/mol. The molecule has 3 N–H and O–H groups in total. The Hall–Kier alpha value is -2.95. The Labute approximate surface area is 168 Å². The van der Waals surface area contributed by atoms with Gasteiger partial charge in [0.2, 0.25) is 5.96 Å². The molecule has 2 rings (SSSR count). The van der Waals surface area contributed by atoms with E-state index in [4.69, 9.17) is 5.73 Å². The molecule has 0 fully saturated rings. The summed E-state index contributed by atoms with van der Waals surface area (Å²) in [5.41, 5.74) is 13.1. The van der Waals surface area contributed by atoms with Crippen molar-refractivity contribution >= 4 is 18.4 Å². The minimum Gasteiger partial charge on any atom is -0.367 e. The smallest absolute Gasteiger partial charge is 0.234 e. The molecule has 0 atom stereocenters. The molecule has 0 saturated carbocycles. The number of unbranched alkanes of at least 4 members (excludes halogenated alkanes) is 2. The largest absolute Gasteiger partial charge is 0.367 e. The molecule has 5 nitrogen and oxygen atoms in total. The monoisotopic (exact) mass is 377 g/mol. The minimum atomic E-state index is 0.145. The van der Waals surface area contributed by atoms with Gasteiger partial charge in [-0.05, 0) is 47.9 Å². The van der Waals surface area contributed by atoms with E-state index in [-0.39, 0.29) is 5.96 Å². The number of hydrazone groups is 1. The number of nitrogens with zero attached hydrogens (tertiary/aromatic N) is 3. The van der Waals surface area contributed by atoms with E-state index >= 15 is 0 Å². The van der Waals surface area contributed by atoms with Gasteiger partial charge in [-0.25, -0.2) is 5.43 Å². The predicted octanol–water partition coefficient (Wildman–Crippen LogP) is 4.64. The standard InChI is InChI=1S/C23H31N5/c1-3-5-7-19-9-13-21(14-10-19)17-25-27-23(24)28-26-18-22-15-11-20(12-16-22)8-6-4-2/h9-18H,3-8H2,1-2H3,(H3,24,27,28). The minimum absolute atomic E-state index is 0.145. The average molecular weight is 378 g/mol. The van der Waals surface area contributed by atoms with E-state index in [0.717, 1.165) is 24.0 Å². The van der Waals surface area contributed by atoms with Crippen LogP contribution >= 0.6 is 0 Å². The van der Waals surface area contributed by atoms with Crippen LogP contribution in [0.25, 0.3) is 0 Å². The quantitative estimate of drug-likeness (QED) is 0.359. The van der Waals surface area contributed by atoms with Crippen molar-refractivity contribution in [1.29, 1.82) is 0 Å². The Morgan fingerprint density at radius 3 is 1.82 bits per heavy atom. The molecule has 0 saturated heterocycles. The maximum absolute atomic E-state index is 5.77. The highest BCUT2D eigenvalue weighted by atomic mass is 15.4. The number of hydrogen-bond acceptors (Lipinski definition) is 3. The van der Waals surface area contributed by atoms with Crippen molar-refractivity contribution < 1.29 is 0 Å². The van der Waals surface area contributed by atoms with Crippen molar-refractivity contribution in [2.75, 3.05) is 0 Å². The number of hydrogen-bond donors (Lipinski definition) is 2. The summed E-state index contributed by atoms with van der Waals surface area (Å²) in [5, 5.41) is 12.0. The fourth-order valence-corrected chi connectivity index (χ4v) is 2.66. The van der Waals surface area contributed by atoms with Crippen molar-refractivity contribution in [3.05, 3.63) is 70.8 Å². The highest BCUT2D eigenvalue weighted by Gasteiger charge is 1.94. The second-order valence-electron chi connectivity index (χ2n) is 6.79. The Morgan fingerprint density at radius 1 is 0.821 bits per heavy atom. The summed E-state index contributed by atoms with van der Waals surface area (Å²) in [7, 11) is 0. The van der Waals surface area contributed by atoms with E-state index in [9.17, 15) is 0 Å². The topological polar surface area (TPSA) is 75.1 Å². The summed E-state index contributed by atoms with van der Waals surface area (Å²) in [6, 6.07) is 16.7. The lowest BCUT2D eigenvalue weighted by Crippen LogP contribution is -2.26. The van der Waals surface area contributed by atoms with Crippen LogP contribution < -0.4 is 11.2 Å². The first-order valence-electron chi connectivity index (χ1n) is 10.0. The Kier molecular flexibility index (Phi) is 9.49. The van der Waals surface area contributed by atoms with Gasteiger partial charge in [-0.2, -0.15) is 10.2 Å². The Bertz CT molecular complexity index is 774. The van der Waals surface area contributed by atoms with Crippen LogP contribution in [0, 0.1) is 0 Å². The zero-order valence-corrected chi connectivity index (χ0v) is 16.9. The molecule has 0 aliphatic heterocycles. The molecule has 148 valence electrons. The van der Waals surface area contributed by atoms with Crippen LogP contribution in [0.2, 0.25) is 0 Å². The van der Waals surface area contributed by atoms with Crippen LogP contribution in [0.1, 0.15) is 61.8 Å². The first-order valence-corrected chi connectivity index (χ1v) is 10.0. The molecule has 0 unspecified atom stereocenters. The second kappa shape index (κ2) is 12.4. The Morgan fingerprint density at radius 2 is 1.32 bits per heavy atom. The fourth-order valence-electron chi connectivity index (χ4n) is 2.66. The number of rotatable bonds is 10. The molecule has 0 aliphatic rings. The van der Waals surface area contributed by atoms with E-state index in [1.807, 2.05) is 24.3 Å². The zero-order valence-electron chi connectivity index (χ0n) is 16.9. The van der Waals surface area contributed by atoms with Crippen LogP contribution in [0.3, 0.4) is 0 Å². The molecular formula is C23H31N5. The van der Waals surface area contributed by atoms with Gasteiger partial charge in [0, 0.05) is 0 Å². The first-order chi connectivity index (χ1) is 13.7. The number of nitrogens with one attached hydrogen (secondary N) is 1. The van der Waals surface area contributed by atoms with Gasteiger partial charge in [-0.3, -0.25) is 0 Å². The lowest BCUT2D eigenvalue weighted by atomic mass is 10.1. The van der Waals surface area contributed by atoms with Crippen LogP contribution in [0.15, 0.2) is 63.8 Å². The van der Waals surface area contributed by atoms with Crippen LogP contribution in [-0.2, 0) is 12.8 Å². The highest BCUT2D eigenvalue weighted by Crippen LogP contribution is 2.07. The van der Waals surface area contributed by atoms with Gasteiger partial charge in [-0.1, -0.05) is 75.2 Å². The van der Waals surface area contributed by atoms with E-state index in [1.165, 1.54) is 36.8 Å². The molecule has 2 aromatic rings. The molecule has 0 aromatic heterocycles. The molecule has 0 spiro atoms. The third-order valence-electron chi connectivity index (χ3n) is 4.36. The Balaban J connectivity index is 1.80. The summed E-state index contributed by atoms with van der Waals surface area (Å²) in [4.78, 5) is 0. The van der Waals surface area contributed by atoms with Crippen LogP contribution in [0.5, 0.6) is 0 Å². The fraction of sp³-hybridized carbons (Fsp3) is 0.348. The molecule has 2 aromatic carbocycles. The predicted molar refractivity (Wildman–Crippen MR) is 120 cm³/mol. The van der Waals surface area contributed by atoms with Gasteiger partial charge in [0.05, 0.1) is 12.4 Å². The van der Waals surface area contributed by atoms with Crippen molar-refractivity contribution in [2.45, 2.75) is 52.4 Å². The number of guanidine groups is 1. The van der Waals surface area contributed by atoms with Crippen LogP contribution in [-0.4, -0.2) is 18.4 Å². The molecule has 0 heterocycles. The van der Waals surface area contributed by atoms with Crippen molar-refractivity contribution in [3.8, 4) is 0 Å². The molecule has 0 aliphatic carbocycles. The second-order valence-corrected chi connectivity index (χ2v) is 6.79.